The number of rotatable bonds is 9. The first kappa shape index (κ1) is 22.2. The lowest BCUT2D eigenvalue weighted by molar-refractivity contribution is -0.133. The molecular weight excluding hydrogens is 376 g/mol. The molecule has 1 atom stereocenters. The number of piperidine rings is 1. The van der Waals surface area contributed by atoms with Crippen LogP contribution in [0.1, 0.15) is 30.4 Å². The Morgan fingerprint density at radius 1 is 1.03 bits per heavy atom. The number of methoxy groups -OCH3 is 2. The first-order valence-corrected chi connectivity index (χ1v) is 10.8. The highest BCUT2D eigenvalue weighted by Gasteiger charge is 2.25. The van der Waals surface area contributed by atoms with Gasteiger partial charge in [-0.2, -0.15) is 0 Å². The van der Waals surface area contributed by atoms with E-state index in [1.807, 2.05) is 30.1 Å². The first-order chi connectivity index (χ1) is 14.6. The number of benzene rings is 2. The molecule has 0 N–H and O–H groups in total. The minimum Gasteiger partial charge on any atom is -0.493 e. The van der Waals surface area contributed by atoms with Crippen LogP contribution in [0, 0.1) is 0 Å². The monoisotopic (exact) mass is 410 g/mol. The van der Waals surface area contributed by atoms with Crippen LogP contribution in [0.25, 0.3) is 0 Å². The van der Waals surface area contributed by atoms with Gasteiger partial charge in [-0.1, -0.05) is 36.4 Å². The molecule has 5 heteroatoms. The second-order valence-electron chi connectivity index (χ2n) is 8.03. The Morgan fingerprint density at radius 2 is 1.80 bits per heavy atom. The van der Waals surface area contributed by atoms with Crippen molar-refractivity contribution in [2.45, 2.75) is 38.1 Å². The summed E-state index contributed by atoms with van der Waals surface area (Å²) in [5.41, 5.74) is 2.46. The molecule has 0 radical (unpaired) electrons. The molecule has 30 heavy (non-hydrogen) atoms. The van der Waals surface area contributed by atoms with Crippen LogP contribution in [-0.2, 0) is 17.6 Å². The summed E-state index contributed by atoms with van der Waals surface area (Å²) in [5, 5.41) is 0. The highest BCUT2D eigenvalue weighted by atomic mass is 16.5. The minimum atomic E-state index is 0.208. The highest BCUT2D eigenvalue weighted by Crippen LogP contribution is 2.28. The van der Waals surface area contributed by atoms with Crippen molar-refractivity contribution in [1.82, 2.24) is 9.80 Å². The number of likely N-dealkylation sites (N-methyl/N-ethyl adjacent to an activating group) is 1. The summed E-state index contributed by atoms with van der Waals surface area (Å²) in [5.74, 6) is 1.62. The van der Waals surface area contributed by atoms with Gasteiger partial charge < -0.3 is 19.3 Å². The van der Waals surface area contributed by atoms with Gasteiger partial charge in [0.25, 0.3) is 0 Å². The number of nitrogens with zero attached hydrogens (tertiary/aromatic N) is 2. The predicted molar refractivity (Wildman–Crippen MR) is 120 cm³/mol. The van der Waals surface area contributed by atoms with E-state index < -0.39 is 0 Å². The molecule has 0 aliphatic carbocycles. The number of hydrogen-bond donors (Lipinski definition) is 0. The Kier molecular flexibility index (Phi) is 8.14. The van der Waals surface area contributed by atoms with Crippen molar-refractivity contribution < 1.29 is 14.3 Å². The molecule has 2 aromatic carbocycles. The number of carbonyl (C=O) groups is 1. The van der Waals surface area contributed by atoms with Crippen LogP contribution in [0.5, 0.6) is 11.5 Å². The standard InChI is InChI=1S/C25H34N2O3/c1-26(25(28)14-12-21-11-13-23(29-2)24(18-21)30-3)22-10-7-16-27(19-22)17-15-20-8-5-4-6-9-20/h4-6,8-9,11,13,18,22H,7,10,12,14-17,19H2,1-3H3. The van der Waals surface area contributed by atoms with E-state index in [4.69, 9.17) is 9.47 Å². The molecule has 1 fully saturated rings. The maximum Gasteiger partial charge on any atom is 0.222 e. The molecule has 2 aromatic rings. The molecule has 0 bridgehead atoms. The Morgan fingerprint density at radius 3 is 2.53 bits per heavy atom. The van der Waals surface area contributed by atoms with E-state index in [1.54, 1.807) is 14.2 Å². The van der Waals surface area contributed by atoms with Gasteiger partial charge in [0.1, 0.15) is 0 Å². The molecule has 1 aliphatic heterocycles. The van der Waals surface area contributed by atoms with Crippen LogP contribution in [0.2, 0.25) is 0 Å². The van der Waals surface area contributed by atoms with E-state index in [2.05, 4.69) is 35.2 Å². The highest BCUT2D eigenvalue weighted by molar-refractivity contribution is 5.76. The van der Waals surface area contributed by atoms with Crippen LogP contribution in [0.3, 0.4) is 0 Å². The van der Waals surface area contributed by atoms with Crippen LogP contribution in [-0.4, -0.2) is 62.7 Å². The van der Waals surface area contributed by atoms with Crippen molar-refractivity contribution in [3.05, 3.63) is 59.7 Å². The molecular formula is C25H34N2O3. The van der Waals surface area contributed by atoms with Gasteiger partial charge in [-0.05, 0) is 55.5 Å². The molecule has 5 nitrogen and oxygen atoms in total. The van der Waals surface area contributed by atoms with Gasteiger partial charge in [-0.15, -0.1) is 0 Å². The molecule has 0 saturated carbocycles. The SMILES string of the molecule is COc1ccc(CCC(=O)N(C)C2CCCN(CCc3ccccc3)C2)cc1OC. The fourth-order valence-corrected chi connectivity index (χ4v) is 4.15. The topological polar surface area (TPSA) is 42.0 Å². The summed E-state index contributed by atoms with van der Waals surface area (Å²) in [6.45, 7) is 3.14. The van der Waals surface area contributed by atoms with Crippen LogP contribution in [0.15, 0.2) is 48.5 Å². The summed E-state index contributed by atoms with van der Waals surface area (Å²) >= 11 is 0. The van der Waals surface area contributed by atoms with Gasteiger partial charge in [-0.3, -0.25) is 4.79 Å². The molecule has 1 unspecified atom stereocenters. The number of likely N-dealkylation sites (tertiary alicyclic amines) is 1. The second kappa shape index (κ2) is 11.0. The summed E-state index contributed by atoms with van der Waals surface area (Å²) in [4.78, 5) is 17.3. The van der Waals surface area contributed by atoms with Crippen LogP contribution < -0.4 is 9.47 Å². The minimum absolute atomic E-state index is 0.208. The number of hydrogen-bond acceptors (Lipinski definition) is 4. The zero-order valence-electron chi connectivity index (χ0n) is 18.5. The third-order valence-corrected chi connectivity index (χ3v) is 6.06. The van der Waals surface area contributed by atoms with Gasteiger partial charge >= 0.3 is 0 Å². The fraction of sp³-hybridized carbons (Fsp3) is 0.480. The maximum atomic E-state index is 12.8. The first-order valence-electron chi connectivity index (χ1n) is 10.8. The summed E-state index contributed by atoms with van der Waals surface area (Å²) < 4.78 is 10.7. The third-order valence-electron chi connectivity index (χ3n) is 6.06. The Labute approximate surface area is 180 Å². The van der Waals surface area contributed by atoms with Crippen LogP contribution in [0.4, 0.5) is 0 Å². The van der Waals surface area contributed by atoms with Crippen LogP contribution >= 0.6 is 0 Å². The van der Waals surface area contributed by atoms with Crippen molar-refractivity contribution in [3.63, 3.8) is 0 Å². The van der Waals surface area contributed by atoms with Crippen molar-refractivity contribution in [3.8, 4) is 11.5 Å². The number of ether oxygens (including phenoxy) is 2. The largest absolute Gasteiger partial charge is 0.493 e. The van der Waals surface area contributed by atoms with E-state index in [1.165, 1.54) is 5.56 Å². The molecule has 1 saturated heterocycles. The fourth-order valence-electron chi connectivity index (χ4n) is 4.15. The van der Waals surface area contributed by atoms with E-state index >= 15 is 0 Å². The summed E-state index contributed by atoms with van der Waals surface area (Å²) in [6.07, 6.45) is 4.50. The summed E-state index contributed by atoms with van der Waals surface area (Å²) in [7, 11) is 5.22. The van der Waals surface area contributed by atoms with E-state index in [9.17, 15) is 4.79 Å². The van der Waals surface area contributed by atoms with Gasteiger partial charge in [0.05, 0.1) is 14.2 Å². The Hall–Kier alpha value is -2.53. The average molecular weight is 411 g/mol. The lowest BCUT2D eigenvalue weighted by atomic mass is 10.0. The van der Waals surface area contributed by atoms with Gasteiger partial charge in [0, 0.05) is 32.6 Å². The number of amides is 1. The number of carbonyl (C=O) groups excluding carboxylic acids is 1. The molecule has 0 aromatic heterocycles. The van der Waals surface area contributed by atoms with E-state index in [0.717, 1.165) is 44.5 Å². The van der Waals surface area contributed by atoms with Crippen molar-refractivity contribution in [1.29, 1.82) is 0 Å². The third kappa shape index (κ3) is 5.99. The Bertz CT molecular complexity index is 809. The average Bonchev–Trinajstić information content (AvgIpc) is 2.81. The van der Waals surface area contributed by atoms with E-state index in [0.29, 0.717) is 30.4 Å². The van der Waals surface area contributed by atoms with Gasteiger partial charge in [0.2, 0.25) is 5.91 Å². The number of aryl methyl sites for hydroxylation is 1. The molecule has 1 amide bonds. The molecule has 162 valence electrons. The van der Waals surface area contributed by atoms with Gasteiger partial charge in [0.15, 0.2) is 11.5 Å². The maximum absolute atomic E-state index is 12.8. The molecule has 1 heterocycles. The van der Waals surface area contributed by atoms with E-state index in [-0.39, 0.29) is 5.91 Å². The zero-order chi connectivity index (χ0) is 21.3. The molecule has 1 aliphatic rings. The predicted octanol–water partition coefficient (Wildman–Crippen LogP) is 3.80. The lowest BCUT2D eigenvalue weighted by Crippen LogP contribution is -2.49. The normalized spacial score (nSPS) is 16.8. The molecule has 3 rings (SSSR count). The Balaban J connectivity index is 1.49. The molecule has 0 spiro atoms. The quantitative estimate of drug-likeness (QED) is 0.631. The van der Waals surface area contributed by atoms with Crippen molar-refractivity contribution in [2.75, 3.05) is 40.9 Å². The van der Waals surface area contributed by atoms with Crippen molar-refractivity contribution >= 4 is 5.91 Å². The van der Waals surface area contributed by atoms with Gasteiger partial charge in [-0.25, -0.2) is 0 Å². The summed E-state index contributed by atoms with van der Waals surface area (Å²) in [6, 6.07) is 16.8. The van der Waals surface area contributed by atoms with Crippen molar-refractivity contribution in [2.24, 2.45) is 0 Å². The zero-order valence-corrected chi connectivity index (χ0v) is 18.5. The second-order valence-corrected chi connectivity index (χ2v) is 8.03. The smallest absolute Gasteiger partial charge is 0.222 e. The lowest BCUT2D eigenvalue weighted by Gasteiger charge is -2.37.